The van der Waals surface area contributed by atoms with Crippen LogP contribution in [0.4, 0.5) is 0 Å². The summed E-state index contributed by atoms with van der Waals surface area (Å²) in [7, 11) is 0. The van der Waals surface area contributed by atoms with Gasteiger partial charge in [0, 0.05) is 22.4 Å². The summed E-state index contributed by atoms with van der Waals surface area (Å²) in [6, 6.07) is 14.5. The molecule has 0 aliphatic carbocycles. The molecule has 2 aliphatic heterocycles. The lowest BCUT2D eigenvalue weighted by Gasteiger charge is -2.38. The van der Waals surface area contributed by atoms with Gasteiger partial charge in [0.15, 0.2) is 0 Å². The second-order valence-corrected chi connectivity index (χ2v) is 7.11. The number of carbonyl (C=O) groups excluding carboxylic acids is 3. The number of esters is 1. The zero-order valence-electron chi connectivity index (χ0n) is 13.1. The molecule has 1 saturated heterocycles. The number of carbonyl (C=O) groups is 3. The summed E-state index contributed by atoms with van der Waals surface area (Å²) in [6.45, 7) is 0.167. The highest BCUT2D eigenvalue weighted by molar-refractivity contribution is 9.10. The summed E-state index contributed by atoms with van der Waals surface area (Å²) in [5.74, 6) is -2.36. The number of nitrogens with zero attached hydrogens (tertiary/aromatic N) is 1. The van der Waals surface area contributed by atoms with Crippen molar-refractivity contribution in [2.45, 2.75) is 18.9 Å². The first-order valence-electron chi connectivity index (χ1n) is 7.94. The van der Waals surface area contributed by atoms with E-state index < -0.39 is 23.7 Å². The topological polar surface area (TPSA) is 63.7 Å². The van der Waals surface area contributed by atoms with Crippen LogP contribution in [-0.2, 0) is 20.9 Å². The molecule has 0 N–H and O–H groups in total. The van der Waals surface area contributed by atoms with Crippen LogP contribution in [0.1, 0.15) is 23.5 Å². The molecule has 2 heterocycles. The first kappa shape index (κ1) is 16.0. The molecule has 126 valence electrons. The Kier molecular flexibility index (Phi) is 3.92. The standard InChI is InChI=1S/C19H14BrNO4/c20-12-6-7-15-13(8-12)14-9-16(22)21(10-11-4-2-1-3-5-11)18(23)17(14)19(24)25-15/h1-8,14,17H,9-10H2/t14-,17-/m1/s1. The van der Waals surface area contributed by atoms with E-state index in [1.807, 2.05) is 36.4 Å². The minimum atomic E-state index is -0.969. The van der Waals surface area contributed by atoms with Gasteiger partial charge in [-0.05, 0) is 23.8 Å². The monoisotopic (exact) mass is 399 g/mol. The summed E-state index contributed by atoms with van der Waals surface area (Å²) in [5.41, 5.74) is 1.56. The summed E-state index contributed by atoms with van der Waals surface area (Å²) in [4.78, 5) is 39.0. The van der Waals surface area contributed by atoms with Crippen molar-refractivity contribution < 1.29 is 19.1 Å². The van der Waals surface area contributed by atoms with Gasteiger partial charge in [0.2, 0.25) is 11.8 Å². The second-order valence-electron chi connectivity index (χ2n) is 6.20. The van der Waals surface area contributed by atoms with Crippen LogP contribution in [0.25, 0.3) is 0 Å². The van der Waals surface area contributed by atoms with Gasteiger partial charge in [-0.3, -0.25) is 19.3 Å². The Morgan fingerprint density at radius 1 is 1.08 bits per heavy atom. The van der Waals surface area contributed by atoms with Gasteiger partial charge in [-0.1, -0.05) is 46.3 Å². The van der Waals surface area contributed by atoms with E-state index in [1.54, 1.807) is 12.1 Å². The van der Waals surface area contributed by atoms with Crippen molar-refractivity contribution in [3.05, 3.63) is 64.1 Å². The first-order valence-corrected chi connectivity index (χ1v) is 8.73. The van der Waals surface area contributed by atoms with Crippen molar-refractivity contribution in [2.24, 2.45) is 5.92 Å². The average Bonchev–Trinajstić information content (AvgIpc) is 2.60. The Bertz CT molecular complexity index is 880. The maximum Gasteiger partial charge on any atom is 0.324 e. The Labute approximate surface area is 152 Å². The molecule has 2 atom stereocenters. The fourth-order valence-electron chi connectivity index (χ4n) is 3.44. The molecule has 0 bridgehead atoms. The van der Waals surface area contributed by atoms with Crippen LogP contribution in [0.3, 0.4) is 0 Å². The number of halogens is 1. The molecule has 1 fully saturated rings. The SMILES string of the molecule is O=C1Oc2ccc(Br)cc2[C@H]2CC(=O)N(Cc3ccccc3)C(=O)[C@H]12. The lowest BCUT2D eigenvalue weighted by Crippen LogP contribution is -2.52. The number of imide groups is 1. The first-order chi connectivity index (χ1) is 12.0. The lowest BCUT2D eigenvalue weighted by molar-refractivity contribution is -0.161. The number of hydrogen-bond acceptors (Lipinski definition) is 4. The molecule has 2 amide bonds. The molecule has 6 heteroatoms. The highest BCUT2D eigenvalue weighted by atomic mass is 79.9. The fourth-order valence-corrected chi connectivity index (χ4v) is 3.82. The van der Waals surface area contributed by atoms with E-state index in [4.69, 9.17) is 4.74 Å². The smallest absolute Gasteiger partial charge is 0.324 e. The van der Waals surface area contributed by atoms with Crippen LogP contribution in [0, 0.1) is 5.92 Å². The molecule has 0 aromatic heterocycles. The maximum atomic E-state index is 12.9. The Hall–Kier alpha value is -2.47. The van der Waals surface area contributed by atoms with Gasteiger partial charge < -0.3 is 4.74 Å². The number of fused-ring (bicyclic) bond motifs is 3. The van der Waals surface area contributed by atoms with Gasteiger partial charge in [0.05, 0.1) is 6.54 Å². The quantitative estimate of drug-likeness (QED) is 0.337. The number of piperidine rings is 1. The zero-order valence-corrected chi connectivity index (χ0v) is 14.7. The normalized spacial score (nSPS) is 22.3. The van der Waals surface area contributed by atoms with Gasteiger partial charge >= 0.3 is 5.97 Å². The molecule has 25 heavy (non-hydrogen) atoms. The largest absolute Gasteiger partial charge is 0.426 e. The van der Waals surface area contributed by atoms with Gasteiger partial charge in [-0.25, -0.2) is 0 Å². The predicted molar refractivity (Wildman–Crippen MR) is 92.6 cm³/mol. The summed E-state index contributed by atoms with van der Waals surface area (Å²) in [6.07, 6.45) is 0.113. The number of hydrogen-bond donors (Lipinski definition) is 0. The molecular formula is C19H14BrNO4. The number of amides is 2. The van der Waals surface area contributed by atoms with E-state index >= 15 is 0 Å². The van der Waals surface area contributed by atoms with E-state index in [1.165, 1.54) is 4.90 Å². The molecule has 2 aromatic carbocycles. The third-order valence-electron chi connectivity index (χ3n) is 4.65. The Morgan fingerprint density at radius 2 is 1.84 bits per heavy atom. The summed E-state index contributed by atoms with van der Waals surface area (Å²) in [5, 5.41) is 0. The third-order valence-corrected chi connectivity index (χ3v) is 5.14. The molecule has 4 rings (SSSR count). The zero-order chi connectivity index (χ0) is 17.6. The number of ether oxygens (including phenoxy) is 1. The van der Waals surface area contributed by atoms with Crippen molar-refractivity contribution in [2.75, 3.05) is 0 Å². The highest BCUT2D eigenvalue weighted by Gasteiger charge is 2.50. The van der Waals surface area contributed by atoms with Crippen LogP contribution < -0.4 is 4.74 Å². The van der Waals surface area contributed by atoms with Crippen LogP contribution in [0.2, 0.25) is 0 Å². The molecule has 0 radical (unpaired) electrons. The van der Waals surface area contributed by atoms with Crippen LogP contribution in [0.15, 0.2) is 53.0 Å². The molecule has 5 nitrogen and oxygen atoms in total. The van der Waals surface area contributed by atoms with Crippen molar-refractivity contribution in [3.63, 3.8) is 0 Å². The van der Waals surface area contributed by atoms with Gasteiger partial charge in [0.25, 0.3) is 0 Å². The molecule has 0 saturated carbocycles. The fraction of sp³-hybridized carbons (Fsp3) is 0.211. The van der Waals surface area contributed by atoms with Gasteiger partial charge in [-0.2, -0.15) is 0 Å². The highest BCUT2D eigenvalue weighted by Crippen LogP contribution is 2.44. The van der Waals surface area contributed by atoms with E-state index in [0.717, 1.165) is 15.6 Å². The van der Waals surface area contributed by atoms with Gasteiger partial charge in [-0.15, -0.1) is 0 Å². The van der Waals surface area contributed by atoms with Crippen LogP contribution in [0.5, 0.6) is 5.75 Å². The molecule has 2 aromatic rings. The van der Waals surface area contributed by atoms with E-state index in [2.05, 4.69) is 15.9 Å². The summed E-state index contributed by atoms with van der Waals surface area (Å²) >= 11 is 3.39. The average molecular weight is 400 g/mol. The van der Waals surface area contributed by atoms with E-state index in [-0.39, 0.29) is 18.9 Å². The van der Waals surface area contributed by atoms with Gasteiger partial charge in [0.1, 0.15) is 11.7 Å². The number of rotatable bonds is 2. The number of likely N-dealkylation sites (tertiary alicyclic amines) is 1. The third kappa shape index (κ3) is 2.76. The lowest BCUT2D eigenvalue weighted by atomic mass is 9.77. The van der Waals surface area contributed by atoms with Crippen molar-refractivity contribution >= 4 is 33.7 Å². The summed E-state index contributed by atoms with van der Waals surface area (Å²) < 4.78 is 6.16. The Balaban J connectivity index is 1.68. The van der Waals surface area contributed by atoms with Crippen molar-refractivity contribution in [3.8, 4) is 5.75 Å². The van der Waals surface area contributed by atoms with Crippen molar-refractivity contribution in [1.82, 2.24) is 4.90 Å². The van der Waals surface area contributed by atoms with E-state index in [9.17, 15) is 14.4 Å². The van der Waals surface area contributed by atoms with Crippen LogP contribution >= 0.6 is 15.9 Å². The number of benzene rings is 2. The van der Waals surface area contributed by atoms with Crippen LogP contribution in [-0.4, -0.2) is 22.7 Å². The predicted octanol–water partition coefficient (Wildman–Crippen LogP) is 3.03. The van der Waals surface area contributed by atoms with Crippen molar-refractivity contribution in [1.29, 1.82) is 0 Å². The molecule has 2 aliphatic rings. The second kappa shape index (κ2) is 6.11. The minimum absolute atomic E-state index is 0.113. The minimum Gasteiger partial charge on any atom is -0.426 e. The molecular weight excluding hydrogens is 386 g/mol. The molecule has 0 spiro atoms. The Morgan fingerprint density at radius 3 is 2.60 bits per heavy atom. The molecule has 0 unspecified atom stereocenters. The van der Waals surface area contributed by atoms with E-state index in [0.29, 0.717) is 5.75 Å². The maximum absolute atomic E-state index is 12.9.